The molecule has 1 aliphatic rings. The average molecular weight is 230 g/mol. The maximum atomic E-state index is 11.5. The molecule has 16 heavy (non-hydrogen) atoms. The number of carboxylic acid groups (broad SMARTS) is 1. The van der Waals surface area contributed by atoms with E-state index in [0.29, 0.717) is 19.4 Å². The van der Waals surface area contributed by atoms with Crippen LogP contribution in [0.3, 0.4) is 0 Å². The molecule has 0 bridgehead atoms. The summed E-state index contributed by atoms with van der Waals surface area (Å²) in [5, 5.41) is 14.4. The van der Waals surface area contributed by atoms with Gasteiger partial charge in [-0.25, -0.2) is 4.79 Å². The van der Waals surface area contributed by atoms with Gasteiger partial charge in [0.1, 0.15) is 6.10 Å². The zero-order chi connectivity index (χ0) is 12.0. The summed E-state index contributed by atoms with van der Waals surface area (Å²) < 4.78 is 5.11. The van der Waals surface area contributed by atoms with Gasteiger partial charge in [0.2, 0.25) is 5.91 Å². The van der Waals surface area contributed by atoms with E-state index in [1.54, 1.807) is 0 Å². The molecule has 0 aromatic rings. The molecule has 0 aromatic carbocycles. The van der Waals surface area contributed by atoms with Gasteiger partial charge < -0.3 is 20.5 Å². The number of carboxylic acids is 1. The largest absolute Gasteiger partial charge is 0.479 e. The van der Waals surface area contributed by atoms with Crippen molar-refractivity contribution in [2.24, 2.45) is 0 Å². The van der Waals surface area contributed by atoms with Crippen molar-refractivity contribution < 1.29 is 19.4 Å². The molecule has 0 aliphatic carbocycles. The molecule has 92 valence electrons. The van der Waals surface area contributed by atoms with Crippen molar-refractivity contribution >= 4 is 11.9 Å². The third kappa shape index (κ3) is 3.79. The summed E-state index contributed by atoms with van der Waals surface area (Å²) in [4.78, 5) is 22.1. The Kier molecular flexibility index (Phi) is 5.21. The quantitative estimate of drug-likeness (QED) is 0.527. The van der Waals surface area contributed by atoms with Crippen LogP contribution in [0.15, 0.2) is 0 Å². The Balaban J connectivity index is 2.20. The Morgan fingerprint density at radius 3 is 2.56 bits per heavy atom. The Labute approximate surface area is 94.3 Å². The van der Waals surface area contributed by atoms with Gasteiger partial charge in [0.25, 0.3) is 0 Å². The maximum absolute atomic E-state index is 11.5. The van der Waals surface area contributed by atoms with E-state index in [1.807, 2.05) is 7.05 Å². The van der Waals surface area contributed by atoms with Crippen molar-refractivity contribution in [1.29, 1.82) is 0 Å². The van der Waals surface area contributed by atoms with Crippen LogP contribution >= 0.6 is 0 Å². The molecule has 1 rings (SSSR count). The second-order valence-electron chi connectivity index (χ2n) is 3.78. The van der Waals surface area contributed by atoms with Gasteiger partial charge in [-0.15, -0.1) is 0 Å². The molecule has 0 aromatic heterocycles. The first kappa shape index (κ1) is 12.9. The highest BCUT2D eigenvalue weighted by atomic mass is 16.5. The fourth-order valence-corrected chi connectivity index (χ4v) is 1.60. The van der Waals surface area contributed by atoms with Gasteiger partial charge in [0, 0.05) is 6.54 Å². The number of hydrogen-bond acceptors (Lipinski definition) is 4. The number of rotatable bonds is 6. The van der Waals surface area contributed by atoms with E-state index < -0.39 is 18.2 Å². The minimum Gasteiger partial charge on any atom is -0.479 e. The average Bonchev–Trinajstić information content (AvgIpc) is 2.73. The molecular weight excluding hydrogens is 212 g/mol. The molecule has 1 amide bonds. The lowest BCUT2D eigenvalue weighted by atomic mass is 10.2. The Bertz CT molecular complexity index is 257. The third-order valence-corrected chi connectivity index (χ3v) is 2.49. The Hall–Kier alpha value is -1.14. The lowest BCUT2D eigenvalue weighted by molar-refractivity contribution is -0.151. The van der Waals surface area contributed by atoms with Crippen LogP contribution in [0.5, 0.6) is 0 Å². The molecule has 1 fully saturated rings. The van der Waals surface area contributed by atoms with E-state index in [4.69, 9.17) is 9.84 Å². The second kappa shape index (κ2) is 6.44. The standard InChI is InChI=1S/C10H18N2O4/c1-11-5-2-6-12-9(13)7-3-4-8(16-7)10(14)15/h7-8,11H,2-6H2,1H3,(H,12,13)(H,14,15)/t7-,8+/m0/s1. The number of carbonyl (C=O) groups is 2. The van der Waals surface area contributed by atoms with Crippen molar-refractivity contribution in [3.8, 4) is 0 Å². The second-order valence-corrected chi connectivity index (χ2v) is 3.78. The highest BCUT2D eigenvalue weighted by Gasteiger charge is 2.34. The third-order valence-electron chi connectivity index (χ3n) is 2.49. The van der Waals surface area contributed by atoms with Gasteiger partial charge in [-0.3, -0.25) is 4.79 Å². The SMILES string of the molecule is CNCCCNC(=O)[C@@H]1CC[C@H](C(=O)O)O1. The zero-order valence-electron chi connectivity index (χ0n) is 9.36. The van der Waals surface area contributed by atoms with Gasteiger partial charge in [0.05, 0.1) is 0 Å². The van der Waals surface area contributed by atoms with Crippen molar-refractivity contribution in [3.05, 3.63) is 0 Å². The summed E-state index contributed by atoms with van der Waals surface area (Å²) in [6.07, 6.45) is 0.305. The molecule has 0 spiro atoms. The predicted molar refractivity (Wildman–Crippen MR) is 57.1 cm³/mol. The molecular formula is C10H18N2O4. The van der Waals surface area contributed by atoms with Crippen LogP contribution < -0.4 is 10.6 Å². The maximum Gasteiger partial charge on any atom is 0.332 e. The number of nitrogens with one attached hydrogen (secondary N) is 2. The van der Waals surface area contributed by atoms with Gasteiger partial charge in [-0.2, -0.15) is 0 Å². The highest BCUT2D eigenvalue weighted by molar-refractivity contribution is 5.82. The molecule has 1 saturated heterocycles. The van der Waals surface area contributed by atoms with Gasteiger partial charge in [-0.05, 0) is 32.9 Å². The molecule has 3 N–H and O–H groups in total. The van der Waals surface area contributed by atoms with Crippen molar-refractivity contribution in [2.45, 2.75) is 31.5 Å². The van der Waals surface area contributed by atoms with Crippen LogP contribution in [0.25, 0.3) is 0 Å². The summed E-state index contributed by atoms with van der Waals surface area (Å²) in [6.45, 7) is 1.42. The van der Waals surface area contributed by atoms with Crippen LogP contribution in [-0.4, -0.2) is 49.3 Å². The van der Waals surface area contributed by atoms with Crippen molar-refractivity contribution in [2.75, 3.05) is 20.1 Å². The number of amides is 1. The lowest BCUT2D eigenvalue weighted by Crippen LogP contribution is -2.36. The highest BCUT2D eigenvalue weighted by Crippen LogP contribution is 2.19. The van der Waals surface area contributed by atoms with Crippen LogP contribution in [0.1, 0.15) is 19.3 Å². The molecule has 6 nitrogen and oxygen atoms in total. The molecule has 1 aliphatic heterocycles. The smallest absolute Gasteiger partial charge is 0.332 e. The summed E-state index contributed by atoms with van der Waals surface area (Å²) in [5.74, 6) is -1.20. The zero-order valence-corrected chi connectivity index (χ0v) is 9.36. The monoisotopic (exact) mass is 230 g/mol. The predicted octanol–water partition coefficient (Wildman–Crippen LogP) is -0.656. The fraction of sp³-hybridized carbons (Fsp3) is 0.800. The first-order valence-electron chi connectivity index (χ1n) is 5.45. The Morgan fingerprint density at radius 2 is 2.00 bits per heavy atom. The first-order valence-corrected chi connectivity index (χ1v) is 5.45. The summed E-state index contributed by atoms with van der Waals surface area (Å²) in [7, 11) is 1.85. The van der Waals surface area contributed by atoms with E-state index in [0.717, 1.165) is 13.0 Å². The topological polar surface area (TPSA) is 87.7 Å². The molecule has 0 saturated carbocycles. The summed E-state index contributed by atoms with van der Waals surface area (Å²) in [6, 6.07) is 0. The minimum absolute atomic E-state index is 0.208. The van der Waals surface area contributed by atoms with E-state index in [1.165, 1.54) is 0 Å². The first-order chi connectivity index (χ1) is 7.65. The van der Waals surface area contributed by atoms with Crippen molar-refractivity contribution in [3.63, 3.8) is 0 Å². The number of aliphatic carboxylic acids is 1. The van der Waals surface area contributed by atoms with Crippen LogP contribution in [-0.2, 0) is 14.3 Å². The van der Waals surface area contributed by atoms with E-state index in [2.05, 4.69) is 10.6 Å². The van der Waals surface area contributed by atoms with Crippen LogP contribution in [0.2, 0.25) is 0 Å². The van der Waals surface area contributed by atoms with E-state index >= 15 is 0 Å². The summed E-state index contributed by atoms with van der Waals surface area (Å²) >= 11 is 0. The van der Waals surface area contributed by atoms with Gasteiger partial charge in [-0.1, -0.05) is 0 Å². The number of ether oxygens (including phenoxy) is 1. The van der Waals surface area contributed by atoms with E-state index in [-0.39, 0.29) is 5.91 Å². The molecule has 6 heteroatoms. The number of carbonyl (C=O) groups excluding carboxylic acids is 1. The van der Waals surface area contributed by atoms with Crippen LogP contribution in [0.4, 0.5) is 0 Å². The van der Waals surface area contributed by atoms with Crippen LogP contribution in [0, 0.1) is 0 Å². The fourth-order valence-electron chi connectivity index (χ4n) is 1.60. The van der Waals surface area contributed by atoms with Gasteiger partial charge >= 0.3 is 5.97 Å². The summed E-state index contributed by atoms with van der Waals surface area (Å²) in [5.41, 5.74) is 0. The molecule has 1 heterocycles. The molecule has 2 atom stereocenters. The minimum atomic E-state index is -0.995. The normalized spacial score (nSPS) is 24.3. The van der Waals surface area contributed by atoms with Crippen molar-refractivity contribution in [1.82, 2.24) is 10.6 Å². The molecule has 0 radical (unpaired) electrons. The molecule has 0 unspecified atom stereocenters. The van der Waals surface area contributed by atoms with E-state index in [9.17, 15) is 9.59 Å². The Morgan fingerprint density at radius 1 is 1.31 bits per heavy atom. The van der Waals surface area contributed by atoms with Gasteiger partial charge in [0.15, 0.2) is 6.10 Å². The lowest BCUT2D eigenvalue weighted by Gasteiger charge is -2.11. The number of hydrogen-bond donors (Lipinski definition) is 3.